The Morgan fingerprint density at radius 1 is 1.39 bits per heavy atom. The van der Waals surface area contributed by atoms with E-state index in [-0.39, 0.29) is 29.5 Å². The first-order valence-electron chi connectivity index (χ1n) is 5.73. The molecular weight excluding hydrogens is 260 g/mol. The predicted molar refractivity (Wildman–Crippen MR) is 65.2 cm³/mol. The molecule has 1 rings (SSSR count). The molecule has 2 amide bonds. The molecule has 18 heavy (non-hydrogen) atoms. The first-order valence-corrected chi connectivity index (χ1v) is 6.27. The van der Waals surface area contributed by atoms with E-state index in [0.717, 1.165) is 0 Å². The van der Waals surface area contributed by atoms with Gasteiger partial charge in [0.1, 0.15) is 11.9 Å². The minimum atomic E-state index is -1.05. The van der Waals surface area contributed by atoms with E-state index in [0.29, 0.717) is 13.1 Å². The predicted octanol–water partition coefficient (Wildman–Crippen LogP) is -0.0910. The van der Waals surface area contributed by atoms with Crippen LogP contribution in [0.1, 0.15) is 13.8 Å². The van der Waals surface area contributed by atoms with Gasteiger partial charge in [0.25, 0.3) is 0 Å². The molecule has 2 N–H and O–H groups in total. The third kappa shape index (κ3) is 3.35. The summed E-state index contributed by atoms with van der Waals surface area (Å²) in [5.74, 6) is -2.21. The lowest BCUT2D eigenvalue weighted by molar-refractivity contribution is -0.147. The second kappa shape index (κ2) is 6.04. The Labute approximate surface area is 110 Å². The molecule has 1 aliphatic heterocycles. The first-order chi connectivity index (χ1) is 8.36. The molecule has 0 aromatic heterocycles. The molecule has 1 heterocycles. The molecule has 1 aliphatic rings. The normalized spacial score (nSPS) is 17.2. The molecule has 7 heteroatoms. The fraction of sp³-hybridized carbons (Fsp3) is 0.727. The molecule has 0 spiro atoms. The maximum Gasteiger partial charge on any atom is 0.326 e. The number of hydrogen-bond acceptors (Lipinski definition) is 3. The van der Waals surface area contributed by atoms with Crippen LogP contribution < -0.4 is 5.32 Å². The molecule has 0 bridgehead atoms. The van der Waals surface area contributed by atoms with Gasteiger partial charge in [-0.3, -0.25) is 9.59 Å². The van der Waals surface area contributed by atoms with Crippen molar-refractivity contribution in [1.82, 2.24) is 10.2 Å². The fourth-order valence-corrected chi connectivity index (χ4v) is 1.89. The summed E-state index contributed by atoms with van der Waals surface area (Å²) < 4.78 is 0. The van der Waals surface area contributed by atoms with E-state index < -0.39 is 12.0 Å². The van der Waals surface area contributed by atoms with Crippen molar-refractivity contribution in [1.29, 1.82) is 0 Å². The Balaban J connectivity index is 2.44. The number of alkyl halides is 1. The van der Waals surface area contributed by atoms with Gasteiger partial charge in [0.15, 0.2) is 0 Å². The fourth-order valence-electron chi connectivity index (χ4n) is 1.72. The van der Waals surface area contributed by atoms with Crippen LogP contribution in [0.3, 0.4) is 0 Å². The number of carboxylic acid groups (broad SMARTS) is 1. The van der Waals surface area contributed by atoms with Crippen molar-refractivity contribution in [2.24, 2.45) is 11.8 Å². The summed E-state index contributed by atoms with van der Waals surface area (Å²) in [5, 5.41) is 11.4. The highest BCUT2D eigenvalue weighted by Crippen LogP contribution is 2.17. The number of nitrogens with zero attached hydrogens (tertiary/aromatic N) is 1. The summed E-state index contributed by atoms with van der Waals surface area (Å²) in [7, 11) is 0. The van der Waals surface area contributed by atoms with Gasteiger partial charge in [-0.1, -0.05) is 13.8 Å². The lowest BCUT2D eigenvalue weighted by atomic mass is 9.97. The van der Waals surface area contributed by atoms with Crippen molar-refractivity contribution >= 4 is 29.4 Å². The van der Waals surface area contributed by atoms with Crippen molar-refractivity contribution in [2.75, 3.05) is 19.0 Å². The van der Waals surface area contributed by atoms with Crippen molar-refractivity contribution in [3.63, 3.8) is 0 Å². The lowest BCUT2D eigenvalue weighted by Crippen LogP contribution is -2.58. The number of amides is 2. The molecular formula is C11H17ClN2O4. The third-order valence-electron chi connectivity index (χ3n) is 2.95. The smallest absolute Gasteiger partial charge is 0.326 e. The summed E-state index contributed by atoms with van der Waals surface area (Å²) in [6, 6.07) is -0.893. The SMILES string of the molecule is CC(C)[C@H](NC(=O)C1CN(C(=O)CCl)C1)C(=O)O. The van der Waals surface area contributed by atoms with Gasteiger partial charge in [-0.2, -0.15) is 0 Å². The number of carbonyl (C=O) groups is 3. The zero-order valence-electron chi connectivity index (χ0n) is 10.4. The van der Waals surface area contributed by atoms with Crippen LogP contribution in [-0.4, -0.2) is 52.8 Å². The Morgan fingerprint density at radius 3 is 2.33 bits per heavy atom. The van der Waals surface area contributed by atoms with E-state index in [1.807, 2.05) is 0 Å². The van der Waals surface area contributed by atoms with Crippen LogP contribution in [-0.2, 0) is 14.4 Å². The molecule has 0 aromatic carbocycles. The standard InChI is InChI=1S/C11H17ClN2O4/c1-6(2)9(11(17)18)13-10(16)7-4-14(5-7)8(15)3-12/h6-7,9H,3-5H2,1-2H3,(H,13,16)(H,17,18)/t9-/m0/s1. The molecule has 0 unspecified atom stereocenters. The average molecular weight is 277 g/mol. The van der Waals surface area contributed by atoms with Crippen LogP contribution in [0.15, 0.2) is 0 Å². The molecule has 0 saturated carbocycles. The minimum Gasteiger partial charge on any atom is -0.480 e. The summed E-state index contributed by atoms with van der Waals surface area (Å²) in [6.07, 6.45) is 0. The van der Waals surface area contributed by atoms with Crippen LogP contribution in [0.2, 0.25) is 0 Å². The summed E-state index contributed by atoms with van der Waals surface area (Å²) in [4.78, 5) is 35.3. The maximum atomic E-state index is 11.8. The van der Waals surface area contributed by atoms with Crippen LogP contribution in [0.4, 0.5) is 0 Å². The second-order valence-electron chi connectivity index (χ2n) is 4.70. The number of likely N-dealkylation sites (tertiary alicyclic amines) is 1. The van der Waals surface area contributed by atoms with Crippen molar-refractivity contribution in [2.45, 2.75) is 19.9 Å². The summed E-state index contributed by atoms with van der Waals surface area (Å²) in [6.45, 7) is 4.07. The Bertz CT molecular complexity index is 353. The summed E-state index contributed by atoms with van der Waals surface area (Å²) >= 11 is 5.38. The third-order valence-corrected chi connectivity index (χ3v) is 3.18. The number of nitrogens with one attached hydrogen (secondary N) is 1. The minimum absolute atomic E-state index is 0.0991. The Morgan fingerprint density at radius 2 is 1.94 bits per heavy atom. The zero-order chi connectivity index (χ0) is 13.9. The topological polar surface area (TPSA) is 86.7 Å². The number of carboxylic acids is 1. The van der Waals surface area contributed by atoms with E-state index in [9.17, 15) is 14.4 Å². The van der Waals surface area contributed by atoms with Crippen LogP contribution in [0.25, 0.3) is 0 Å². The van der Waals surface area contributed by atoms with Crippen LogP contribution in [0.5, 0.6) is 0 Å². The maximum absolute atomic E-state index is 11.8. The van der Waals surface area contributed by atoms with Crippen molar-refractivity contribution < 1.29 is 19.5 Å². The van der Waals surface area contributed by atoms with Crippen molar-refractivity contribution in [3.05, 3.63) is 0 Å². The number of aliphatic carboxylic acids is 1. The van der Waals surface area contributed by atoms with E-state index in [1.165, 1.54) is 4.90 Å². The van der Waals surface area contributed by atoms with Gasteiger partial charge in [-0.25, -0.2) is 4.79 Å². The van der Waals surface area contributed by atoms with Gasteiger partial charge in [0, 0.05) is 13.1 Å². The van der Waals surface area contributed by atoms with E-state index in [4.69, 9.17) is 16.7 Å². The molecule has 6 nitrogen and oxygen atoms in total. The first kappa shape index (κ1) is 14.8. The summed E-state index contributed by atoms with van der Waals surface area (Å²) in [5.41, 5.74) is 0. The van der Waals surface area contributed by atoms with Crippen LogP contribution >= 0.6 is 11.6 Å². The Kier molecular flexibility index (Phi) is 4.95. The lowest BCUT2D eigenvalue weighted by Gasteiger charge is -2.38. The van der Waals surface area contributed by atoms with Gasteiger partial charge in [-0.15, -0.1) is 11.6 Å². The van der Waals surface area contributed by atoms with E-state index >= 15 is 0 Å². The number of halogens is 1. The zero-order valence-corrected chi connectivity index (χ0v) is 11.1. The average Bonchev–Trinajstić information content (AvgIpc) is 2.22. The molecule has 1 atom stereocenters. The molecule has 0 radical (unpaired) electrons. The van der Waals surface area contributed by atoms with E-state index in [1.54, 1.807) is 13.8 Å². The molecule has 0 aromatic rings. The van der Waals surface area contributed by atoms with Gasteiger partial charge in [-0.05, 0) is 5.92 Å². The molecule has 1 saturated heterocycles. The Hall–Kier alpha value is -1.30. The number of rotatable bonds is 5. The number of carbonyl (C=O) groups excluding carboxylic acids is 2. The molecule has 102 valence electrons. The van der Waals surface area contributed by atoms with Crippen LogP contribution in [0, 0.1) is 11.8 Å². The highest BCUT2D eigenvalue weighted by atomic mass is 35.5. The van der Waals surface area contributed by atoms with Gasteiger partial charge in [0.2, 0.25) is 11.8 Å². The van der Waals surface area contributed by atoms with Gasteiger partial charge < -0.3 is 15.3 Å². The quantitative estimate of drug-likeness (QED) is 0.687. The van der Waals surface area contributed by atoms with Gasteiger partial charge >= 0.3 is 5.97 Å². The van der Waals surface area contributed by atoms with Gasteiger partial charge in [0.05, 0.1) is 5.92 Å². The highest BCUT2D eigenvalue weighted by molar-refractivity contribution is 6.27. The monoisotopic (exact) mass is 276 g/mol. The highest BCUT2D eigenvalue weighted by Gasteiger charge is 2.37. The van der Waals surface area contributed by atoms with Crippen molar-refractivity contribution in [3.8, 4) is 0 Å². The van der Waals surface area contributed by atoms with E-state index in [2.05, 4.69) is 5.32 Å². The molecule has 1 fully saturated rings. The molecule has 0 aliphatic carbocycles. The largest absolute Gasteiger partial charge is 0.480 e. The second-order valence-corrected chi connectivity index (χ2v) is 4.97. The number of hydrogen-bond donors (Lipinski definition) is 2.